The van der Waals surface area contributed by atoms with E-state index >= 15 is 0 Å². The van der Waals surface area contributed by atoms with Crippen LogP contribution in [-0.4, -0.2) is 24.7 Å². The van der Waals surface area contributed by atoms with Gasteiger partial charge in [-0.15, -0.1) is 0 Å². The molecule has 1 saturated heterocycles. The predicted octanol–water partition coefficient (Wildman–Crippen LogP) is 3.79. The normalized spacial score (nSPS) is 19.7. The first-order valence-electron chi connectivity index (χ1n) is 6.25. The first-order chi connectivity index (χ1) is 9.24. The second kappa shape index (κ2) is 5.61. The van der Waals surface area contributed by atoms with Crippen molar-refractivity contribution in [1.29, 1.82) is 0 Å². The van der Waals surface area contributed by atoms with Crippen LogP contribution in [0.4, 0.5) is 5.82 Å². The van der Waals surface area contributed by atoms with Gasteiger partial charge < -0.3 is 9.64 Å². The number of nitrogens with zero attached hydrogens (tertiary/aromatic N) is 2. The number of anilines is 1. The summed E-state index contributed by atoms with van der Waals surface area (Å²) >= 11 is 5.21. The van der Waals surface area contributed by atoms with Gasteiger partial charge in [0.05, 0.1) is 6.61 Å². The molecular formula is C14H15BrN2OS. The van der Waals surface area contributed by atoms with Gasteiger partial charge in [-0.2, -0.15) is 11.3 Å². The molecule has 1 unspecified atom stereocenters. The highest BCUT2D eigenvalue weighted by Crippen LogP contribution is 2.27. The molecule has 1 fully saturated rings. The van der Waals surface area contributed by atoms with Crippen LogP contribution in [0.1, 0.15) is 17.2 Å². The Balaban J connectivity index is 1.79. The van der Waals surface area contributed by atoms with E-state index in [2.05, 4.69) is 55.6 Å². The van der Waals surface area contributed by atoms with Gasteiger partial charge in [0.1, 0.15) is 11.9 Å². The maximum Gasteiger partial charge on any atom is 0.128 e. The molecular weight excluding hydrogens is 324 g/mol. The van der Waals surface area contributed by atoms with Gasteiger partial charge in [0, 0.05) is 23.8 Å². The molecule has 1 atom stereocenters. The van der Waals surface area contributed by atoms with Crippen molar-refractivity contribution in [2.24, 2.45) is 0 Å². The van der Waals surface area contributed by atoms with E-state index in [-0.39, 0.29) is 6.10 Å². The first-order valence-corrected chi connectivity index (χ1v) is 7.98. The molecule has 2 aromatic heterocycles. The minimum absolute atomic E-state index is 0.158. The van der Waals surface area contributed by atoms with Crippen molar-refractivity contribution in [3.8, 4) is 0 Å². The second-order valence-electron chi connectivity index (χ2n) is 4.65. The average Bonchev–Trinajstić information content (AvgIpc) is 2.96. The monoisotopic (exact) mass is 338 g/mol. The summed E-state index contributed by atoms with van der Waals surface area (Å²) in [7, 11) is 0. The Bertz CT molecular complexity index is 559. The van der Waals surface area contributed by atoms with E-state index in [4.69, 9.17) is 4.74 Å². The fourth-order valence-corrected chi connectivity index (χ4v) is 3.13. The summed E-state index contributed by atoms with van der Waals surface area (Å²) in [4.78, 5) is 6.80. The van der Waals surface area contributed by atoms with E-state index in [1.165, 1.54) is 11.1 Å². The Hall–Kier alpha value is -0.910. The van der Waals surface area contributed by atoms with Crippen molar-refractivity contribution < 1.29 is 4.74 Å². The molecule has 0 saturated carbocycles. The topological polar surface area (TPSA) is 25.4 Å². The maximum absolute atomic E-state index is 5.86. The van der Waals surface area contributed by atoms with Gasteiger partial charge in [0.25, 0.3) is 0 Å². The number of hydrogen-bond donors (Lipinski definition) is 0. The first kappa shape index (κ1) is 13.1. The van der Waals surface area contributed by atoms with Gasteiger partial charge in [-0.05, 0) is 56.9 Å². The predicted molar refractivity (Wildman–Crippen MR) is 81.9 cm³/mol. The van der Waals surface area contributed by atoms with E-state index < -0.39 is 0 Å². The van der Waals surface area contributed by atoms with Crippen LogP contribution in [0.15, 0.2) is 33.6 Å². The molecule has 2 aromatic rings. The van der Waals surface area contributed by atoms with Crippen molar-refractivity contribution >= 4 is 33.1 Å². The molecule has 0 bridgehead atoms. The summed E-state index contributed by atoms with van der Waals surface area (Å²) in [5.41, 5.74) is 2.48. The minimum atomic E-state index is 0.158. The molecule has 100 valence electrons. The van der Waals surface area contributed by atoms with Gasteiger partial charge >= 0.3 is 0 Å². The smallest absolute Gasteiger partial charge is 0.128 e. The number of thiophene rings is 1. The summed E-state index contributed by atoms with van der Waals surface area (Å²) in [6.07, 6.45) is 2.03. The van der Waals surface area contributed by atoms with Crippen LogP contribution in [0.2, 0.25) is 0 Å². The molecule has 1 aliphatic rings. The van der Waals surface area contributed by atoms with E-state index in [0.29, 0.717) is 0 Å². The Labute approximate surface area is 125 Å². The number of pyridine rings is 1. The summed E-state index contributed by atoms with van der Waals surface area (Å²) in [5.74, 6) is 1.03. The number of aryl methyl sites for hydroxylation is 1. The lowest BCUT2D eigenvalue weighted by Gasteiger charge is -2.33. The van der Waals surface area contributed by atoms with Crippen LogP contribution in [0.3, 0.4) is 0 Å². The lowest BCUT2D eigenvalue weighted by atomic mass is 10.1. The van der Waals surface area contributed by atoms with E-state index in [9.17, 15) is 0 Å². The van der Waals surface area contributed by atoms with Gasteiger partial charge in [-0.3, -0.25) is 0 Å². The zero-order valence-electron chi connectivity index (χ0n) is 10.7. The fourth-order valence-electron chi connectivity index (χ4n) is 2.21. The highest BCUT2D eigenvalue weighted by Gasteiger charge is 2.23. The largest absolute Gasteiger partial charge is 0.370 e. The summed E-state index contributed by atoms with van der Waals surface area (Å²) in [5, 5.41) is 4.26. The zero-order valence-corrected chi connectivity index (χ0v) is 13.1. The van der Waals surface area contributed by atoms with E-state index in [0.717, 1.165) is 30.0 Å². The third-order valence-corrected chi connectivity index (χ3v) is 4.87. The Morgan fingerprint density at radius 1 is 1.53 bits per heavy atom. The molecule has 0 N–H and O–H groups in total. The molecule has 0 spiro atoms. The standard InChI is InChI=1S/C14H15BrN2OS/c1-10-6-14(16-7-12(10)15)17-3-4-18-13(8-17)11-2-5-19-9-11/h2,5-7,9,13H,3-4,8H2,1H3. The van der Waals surface area contributed by atoms with Crippen molar-refractivity contribution in [3.05, 3.63) is 44.7 Å². The molecule has 0 aromatic carbocycles. The third-order valence-electron chi connectivity index (χ3n) is 3.34. The van der Waals surface area contributed by atoms with Crippen molar-refractivity contribution in [2.75, 3.05) is 24.6 Å². The molecule has 5 heteroatoms. The zero-order chi connectivity index (χ0) is 13.2. The van der Waals surface area contributed by atoms with Crippen LogP contribution in [-0.2, 0) is 4.74 Å². The van der Waals surface area contributed by atoms with Gasteiger partial charge in [0.2, 0.25) is 0 Å². The van der Waals surface area contributed by atoms with Crippen LogP contribution in [0.5, 0.6) is 0 Å². The third kappa shape index (κ3) is 2.83. The molecule has 0 amide bonds. The number of morpholine rings is 1. The van der Waals surface area contributed by atoms with Crippen molar-refractivity contribution in [1.82, 2.24) is 4.98 Å². The van der Waals surface area contributed by atoms with E-state index in [1.54, 1.807) is 11.3 Å². The molecule has 3 rings (SSSR count). The van der Waals surface area contributed by atoms with Crippen LogP contribution in [0, 0.1) is 6.92 Å². The van der Waals surface area contributed by atoms with Crippen molar-refractivity contribution in [2.45, 2.75) is 13.0 Å². The minimum Gasteiger partial charge on any atom is -0.370 e. The number of rotatable bonds is 2. The number of ether oxygens (including phenoxy) is 1. The molecule has 3 nitrogen and oxygen atoms in total. The number of hydrogen-bond acceptors (Lipinski definition) is 4. The summed E-state index contributed by atoms with van der Waals surface area (Å²) in [6, 6.07) is 4.26. The summed E-state index contributed by atoms with van der Waals surface area (Å²) < 4.78 is 6.91. The van der Waals surface area contributed by atoms with Crippen LogP contribution in [0.25, 0.3) is 0 Å². The van der Waals surface area contributed by atoms with Crippen molar-refractivity contribution in [3.63, 3.8) is 0 Å². The average molecular weight is 339 g/mol. The SMILES string of the molecule is Cc1cc(N2CCOC(c3ccsc3)C2)ncc1Br. The Morgan fingerprint density at radius 2 is 2.42 bits per heavy atom. The molecule has 3 heterocycles. The quantitative estimate of drug-likeness (QED) is 0.832. The van der Waals surface area contributed by atoms with Crippen LogP contribution < -0.4 is 4.90 Å². The van der Waals surface area contributed by atoms with Crippen LogP contribution >= 0.6 is 27.3 Å². The maximum atomic E-state index is 5.86. The fraction of sp³-hybridized carbons (Fsp3) is 0.357. The molecule has 1 aliphatic heterocycles. The van der Waals surface area contributed by atoms with Gasteiger partial charge in [-0.1, -0.05) is 0 Å². The van der Waals surface area contributed by atoms with Gasteiger partial charge in [-0.25, -0.2) is 4.98 Å². The number of aromatic nitrogens is 1. The number of halogens is 1. The summed E-state index contributed by atoms with van der Waals surface area (Å²) in [6.45, 7) is 4.60. The molecule has 0 aliphatic carbocycles. The van der Waals surface area contributed by atoms with E-state index in [1.807, 2.05) is 6.20 Å². The molecule has 0 radical (unpaired) electrons. The lowest BCUT2D eigenvalue weighted by molar-refractivity contribution is 0.0398. The lowest BCUT2D eigenvalue weighted by Crippen LogP contribution is -2.38. The molecule has 19 heavy (non-hydrogen) atoms. The van der Waals surface area contributed by atoms with Gasteiger partial charge in [0.15, 0.2) is 0 Å². The highest BCUT2D eigenvalue weighted by atomic mass is 79.9. The second-order valence-corrected chi connectivity index (χ2v) is 6.29. The Kier molecular flexibility index (Phi) is 3.86. The Morgan fingerprint density at radius 3 is 3.16 bits per heavy atom. The highest BCUT2D eigenvalue weighted by molar-refractivity contribution is 9.10.